The third-order valence-corrected chi connectivity index (χ3v) is 1.79. The van der Waals surface area contributed by atoms with Crippen LogP contribution < -0.4 is 15.4 Å². The highest BCUT2D eigenvalue weighted by molar-refractivity contribution is 5.96. The topological polar surface area (TPSA) is 67.4 Å². The van der Waals surface area contributed by atoms with Crippen molar-refractivity contribution in [3.63, 3.8) is 0 Å². The van der Waals surface area contributed by atoms with Gasteiger partial charge in [0.05, 0.1) is 19.3 Å². The van der Waals surface area contributed by atoms with Crippen LogP contribution in [-0.2, 0) is 4.79 Å². The molecule has 0 bridgehead atoms. The molecule has 2 N–H and O–H groups in total. The van der Waals surface area contributed by atoms with Gasteiger partial charge < -0.3 is 15.4 Å². The van der Waals surface area contributed by atoms with E-state index in [0.29, 0.717) is 17.7 Å². The molecule has 15 heavy (non-hydrogen) atoms. The molecule has 1 aromatic carbocycles. The van der Waals surface area contributed by atoms with Gasteiger partial charge in [-0.25, -0.2) is 0 Å². The molecule has 80 valence electrons. The molecule has 0 saturated heterocycles. The summed E-state index contributed by atoms with van der Waals surface area (Å²) >= 11 is 0. The lowest BCUT2D eigenvalue weighted by molar-refractivity contribution is -0.109. The molecule has 0 aliphatic rings. The lowest BCUT2D eigenvalue weighted by Crippen LogP contribution is -2.33. The Balaban J connectivity index is 2.68. The summed E-state index contributed by atoms with van der Waals surface area (Å²) in [4.78, 5) is 21.5. The molecule has 5 nitrogen and oxygen atoms in total. The monoisotopic (exact) mass is 208 g/mol. The van der Waals surface area contributed by atoms with Crippen LogP contribution in [0, 0.1) is 0 Å². The minimum Gasteiger partial charge on any atom is -0.496 e. The van der Waals surface area contributed by atoms with E-state index in [1.165, 1.54) is 7.11 Å². The van der Waals surface area contributed by atoms with Crippen LogP contribution in [0.1, 0.15) is 10.4 Å². The van der Waals surface area contributed by atoms with Gasteiger partial charge in [-0.15, -0.1) is 0 Å². The molecular weight excluding hydrogens is 196 g/mol. The normalized spacial score (nSPS) is 9.13. The number of carbonyl (C=O) groups excluding carboxylic acids is 2. The second kappa shape index (κ2) is 5.64. The first kappa shape index (κ1) is 11.0. The molecule has 1 rings (SSSR count). The zero-order valence-corrected chi connectivity index (χ0v) is 8.32. The van der Waals surface area contributed by atoms with Crippen LogP contribution in [0.5, 0.6) is 5.75 Å². The van der Waals surface area contributed by atoms with Crippen LogP contribution in [0.15, 0.2) is 24.3 Å². The molecule has 0 atom stereocenters. The van der Waals surface area contributed by atoms with Crippen molar-refractivity contribution < 1.29 is 14.3 Å². The molecule has 0 spiro atoms. The number of para-hydroxylation sites is 1. The maximum atomic E-state index is 11.6. The average molecular weight is 208 g/mol. The van der Waals surface area contributed by atoms with Crippen LogP contribution in [0.3, 0.4) is 0 Å². The molecule has 2 amide bonds. The molecule has 0 saturated carbocycles. The second-order valence-corrected chi connectivity index (χ2v) is 2.70. The number of ether oxygens (including phenoxy) is 1. The number of hydrogen-bond acceptors (Lipinski definition) is 3. The first-order valence-electron chi connectivity index (χ1n) is 4.38. The van der Waals surface area contributed by atoms with Crippen molar-refractivity contribution >= 4 is 12.3 Å². The van der Waals surface area contributed by atoms with Gasteiger partial charge in [0.15, 0.2) is 0 Å². The van der Waals surface area contributed by atoms with E-state index in [1.54, 1.807) is 24.3 Å². The number of amides is 2. The van der Waals surface area contributed by atoms with Crippen LogP contribution in [0.4, 0.5) is 0 Å². The number of benzene rings is 1. The van der Waals surface area contributed by atoms with E-state index in [4.69, 9.17) is 4.74 Å². The fourth-order valence-electron chi connectivity index (χ4n) is 1.10. The number of hydrogen-bond donors (Lipinski definition) is 2. The molecule has 0 heterocycles. The van der Waals surface area contributed by atoms with Gasteiger partial charge >= 0.3 is 0 Å². The van der Waals surface area contributed by atoms with Crippen molar-refractivity contribution in [2.24, 2.45) is 0 Å². The molecule has 0 aliphatic heterocycles. The van der Waals surface area contributed by atoms with E-state index in [1.807, 2.05) is 0 Å². The molecule has 0 fully saturated rings. The Morgan fingerprint density at radius 2 is 2.20 bits per heavy atom. The largest absolute Gasteiger partial charge is 0.496 e. The van der Waals surface area contributed by atoms with Crippen molar-refractivity contribution in [2.75, 3.05) is 13.8 Å². The molecule has 0 aromatic heterocycles. The number of carbonyl (C=O) groups is 2. The SMILES string of the molecule is COc1ccccc1C(=O)NCNC=O. The number of nitrogens with one attached hydrogen (secondary N) is 2. The Morgan fingerprint density at radius 3 is 2.87 bits per heavy atom. The number of rotatable bonds is 5. The van der Waals surface area contributed by atoms with Crippen molar-refractivity contribution in [3.8, 4) is 5.75 Å². The van der Waals surface area contributed by atoms with Gasteiger partial charge in [0.1, 0.15) is 5.75 Å². The van der Waals surface area contributed by atoms with E-state index in [-0.39, 0.29) is 12.6 Å². The Kier molecular flexibility index (Phi) is 4.15. The molecule has 1 aromatic rings. The summed E-state index contributed by atoms with van der Waals surface area (Å²) in [5.74, 6) is 0.211. The summed E-state index contributed by atoms with van der Waals surface area (Å²) in [5.41, 5.74) is 0.438. The fourth-order valence-corrected chi connectivity index (χ4v) is 1.10. The van der Waals surface area contributed by atoms with E-state index < -0.39 is 0 Å². The fraction of sp³-hybridized carbons (Fsp3) is 0.200. The predicted octanol–water partition coefficient (Wildman–Crippen LogP) is 0.128. The average Bonchev–Trinajstić information content (AvgIpc) is 2.29. The standard InChI is InChI=1S/C10H12N2O3/c1-15-9-5-3-2-4-8(9)10(14)12-6-11-7-13/h2-5,7H,6H2,1H3,(H,11,13)(H,12,14). The van der Waals surface area contributed by atoms with Gasteiger partial charge in [0.25, 0.3) is 5.91 Å². The number of methoxy groups -OCH3 is 1. The van der Waals surface area contributed by atoms with E-state index in [0.717, 1.165) is 0 Å². The summed E-state index contributed by atoms with van der Waals surface area (Å²) in [6, 6.07) is 6.86. The van der Waals surface area contributed by atoms with Crippen LogP contribution in [-0.4, -0.2) is 26.1 Å². The van der Waals surface area contributed by atoms with Gasteiger partial charge in [0.2, 0.25) is 6.41 Å². The predicted molar refractivity (Wildman–Crippen MR) is 54.5 cm³/mol. The summed E-state index contributed by atoms with van der Waals surface area (Å²) in [6.45, 7) is 0.0976. The molecule has 0 aliphatic carbocycles. The minimum absolute atomic E-state index is 0.0976. The van der Waals surface area contributed by atoms with Crippen LogP contribution in [0.2, 0.25) is 0 Å². The van der Waals surface area contributed by atoms with Crippen molar-refractivity contribution in [3.05, 3.63) is 29.8 Å². The highest BCUT2D eigenvalue weighted by Gasteiger charge is 2.09. The maximum Gasteiger partial charge on any atom is 0.256 e. The summed E-state index contributed by atoms with van der Waals surface area (Å²) in [7, 11) is 1.50. The van der Waals surface area contributed by atoms with Crippen molar-refractivity contribution in [2.45, 2.75) is 0 Å². The Bertz CT molecular complexity index is 352. The lowest BCUT2D eigenvalue weighted by Gasteiger charge is -2.08. The minimum atomic E-state index is -0.290. The third-order valence-electron chi connectivity index (χ3n) is 1.79. The molecule has 0 radical (unpaired) electrons. The summed E-state index contributed by atoms with van der Waals surface area (Å²) in [6.07, 6.45) is 0.516. The van der Waals surface area contributed by atoms with Gasteiger partial charge in [-0.2, -0.15) is 0 Å². The first-order valence-corrected chi connectivity index (χ1v) is 4.38. The second-order valence-electron chi connectivity index (χ2n) is 2.70. The molecule has 0 unspecified atom stereocenters. The Labute approximate surface area is 87.4 Å². The highest BCUT2D eigenvalue weighted by Crippen LogP contribution is 2.16. The van der Waals surface area contributed by atoms with Crippen LogP contribution in [0.25, 0.3) is 0 Å². The van der Waals surface area contributed by atoms with E-state index in [2.05, 4.69) is 10.6 Å². The van der Waals surface area contributed by atoms with Gasteiger partial charge in [-0.05, 0) is 12.1 Å². The van der Waals surface area contributed by atoms with Gasteiger partial charge in [-0.1, -0.05) is 12.1 Å². The van der Waals surface area contributed by atoms with Crippen LogP contribution >= 0.6 is 0 Å². The maximum absolute atomic E-state index is 11.6. The zero-order chi connectivity index (χ0) is 11.1. The van der Waals surface area contributed by atoms with Gasteiger partial charge in [0, 0.05) is 0 Å². The van der Waals surface area contributed by atoms with E-state index >= 15 is 0 Å². The summed E-state index contributed by atoms with van der Waals surface area (Å²) in [5, 5.41) is 4.85. The Hall–Kier alpha value is -2.04. The molecular formula is C10H12N2O3. The quantitative estimate of drug-likeness (QED) is 0.410. The smallest absolute Gasteiger partial charge is 0.256 e. The third kappa shape index (κ3) is 2.98. The van der Waals surface area contributed by atoms with Crippen molar-refractivity contribution in [1.29, 1.82) is 0 Å². The molecule has 5 heteroatoms. The highest BCUT2D eigenvalue weighted by atomic mass is 16.5. The lowest BCUT2D eigenvalue weighted by atomic mass is 10.2. The first-order chi connectivity index (χ1) is 7.29. The van der Waals surface area contributed by atoms with Gasteiger partial charge in [-0.3, -0.25) is 9.59 Å². The summed E-state index contributed by atoms with van der Waals surface area (Å²) < 4.78 is 5.02. The van der Waals surface area contributed by atoms with Crippen molar-refractivity contribution in [1.82, 2.24) is 10.6 Å². The zero-order valence-electron chi connectivity index (χ0n) is 8.32. The Morgan fingerprint density at radius 1 is 1.47 bits per heavy atom. The van der Waals surface area contributed by atoms with E-state index in [9.17, 15) is 9.59 Å².